The zero-order chi connectivity index (χ0) is 16.6. The van der Waals surface area contributed by atoms with Crippen LogP contribution in [0.5, 0.6) is 0 Å². The molecule has 126 valence electrons. The molecule has 0 aliphatic carbocycles. The average Bonchev–Trinajstić information content (AvgIpc) is 2.47. The molecule has 0 fully saturated rings. The minimum absolute atomic E-state index is 0.123. The molecule has 0 aliphatic heterocycles. The van der Waals surface area contributed by atoms with Crippen molar-refractivity contribution in [1.82, 2.24) is 0 Å². The maximum Gasteiger partial charge on any atom is 0.330 e. The highest BCUT2D eigenvalue weighted by Gasteiger charge is 2.05. The monoisotopic (exact) mass is 312 g/mol. The van der Waals surface area contributed by atoms with Gasteiger partial charge < -0.3 is 9.47 Å². The largest absolute Gasteiger partial charge is 0.465 e. The number of unbranched alkanes of at least 4 members (excludes halogenated alkanes) is 7. The molecule has 0 spiro atoms. The Hall–Kier alpha value is -1.65. The molecule has 5 nitrogen and oxygen atoms in total. The quantitative estimate of drug-likeness (QED) is 0.213. The van der Waals surface area contributed by atoms with Gasteiger partial charge in [-0.2, -0.15) is 0 Å². The Morgan fingerprint density at radius 1 is 0.818 bits per heavy atom. The van der Waals surface area contributed by atoms with Gasteiger partial charge >= 0.3 is 11.9 Å². The van der Waals surface area contributed by atoms with Gasteiger partial charge in [-0.1, -0.05) is 45.1 Å². The molecule has 0 atom stereocenters. The van der Waals surface area contributed by atoms with E-state index in [1.165, 1.54) is 19.4 Å². The molecule has 0 saturated heterocycles. The third kappa shape index (κ3) is 14.8. The minimum atomic E-state index is -0.426. The van der Waals surface area contributed by atoms with E-state index in [2.05, 4.69) is 6.58 Å². The first-order chi connectivity index (χ1) is 10.6. The van der Waals surface area contributed by atoms with Crippen molar-refractivity contribution in [1.29, 1.82) is 0 Å². The lowest BCUT2D eigenvalue weighted by Crippen LogP contribution is -2.09. The Kier molecular flexibility index (Phi) is 13.2. The Labute approximate surface area is 133 Å². The fourth-order valence-electron chi connectivity index (χ4n) is 1.94. The number of rotatable bonds is 14. The van der Waals surface area contributed by atoms with E-state index in [0.29, 0.717) is 13.2 Å². The van der Waals surface area contributed by atoms with Crippen LogP contribution in [0.3, 0.4) is 0 Å². The molecule has 0 saturated carbocycles. The minimum Gasteiger partial charge on any atom is -0.465 e. The second kappa shape index (κ2) is 14.3. The number of hydrogen-bond donors (Lipinski definition) is 0. The van der Waals surface area contributed by atoms with E-state index >= 15 is 0 Å². The van der Waals surface area contributed by atoms with E-state index in [1.54, 1.807) is 0 Å². The summed E-state index contributed by atoms with van der Waals surface area (Å²) in [6, 6.07) is 0. The van der Waals surface area contributed by atoms with Crippen LogP contribution in [0, 0.1) is 0 Å². The molecule has 0 rings (SSSR count). The van der Waals surface area contributed by atoms with Gasteiger partial charge in [0.2, 0.25) is 0 Å². The molecule has 0 N–H and O–H groups in total. The van der Waals surface area contributed by atoms with Crippen LogP contribution in [0.25, 0.3) is 0 Å². The van der Waals surface area contributed by atoms with Crippen LogP contribution in [0.4, 0.5) is 0 Å². The summed E-state index contributed by atoms with van der Waals surface area (Å²) in [7, 11) is 0. The van der Waals surface area contributed by atoms with E-state index in [4.69, 9.17) is 9.47 Å². The molecule has 0 aromatic heterocycles. The van der Waals surface area contributed by atoms with Crippen LogP contribution in [-0.4, -0.2) is 30.9 Å². The molecule has 0 aromatic rings. The van der Waals surface area contributed by atoms with Crippen LogP contribution in [-0.2, 0) is 23.9 Å². The van der Waals surface area contributed by atoms with Gasteiger partial charge in [0.25, 0.3) is 0 Å². The predicted molar refractivity (Wildman–Crippen MR) is 84.3 cm³/mol. The molecule has 22 heavy (non-hydrogen) atoms. The van der Waals surface area contributed by atoms with Crippen molar-refractivity contribution in [3.05, 3.63) is 12.7 Å². The third-order valence-electron chi connectivity index (χ3n) is 3.11. The first kappa shape index (κ1) is 20.3. The van der Waals surface area contributed by atoms with Crippen molar-refractivity contribution in [2.24, 2.45) is 0 Å². The first-order valence-corrected chi connectivity index (χ1v) is 8.00. The van der Waals surface area contributed by atoms with Crippen molar-refractivity contribution in [3.8, 4) is 0 Å². The lowest BCUT2D eigenvalue weighted by atomic mass is 10.1. The van der Waals surface area contributed by atoms with Crippen LogP contribution in [0.15, 0.2) is 12.7 Å². The molecule has 0 aromatic carbocycles. The normalized spacial score (nSPS) is 10.0. The number of esters is 2. The molecule has 0 unspecified atom stereocenters. The van der Waals surface area contributed by atoms with Gasteiger partial charge in [-0.05, 0) is 19.8 Å². The summed E-state index contributed by atoms with van der Waals surface area (Å²) in [6.07, 6.45) is 9.48. The summed E-state index contributed by atoms with van der Waals surface area (Å²) in [6.45, 7) is 5.59. The summed E-state index contributed by atoms with van der Waals surface area (Å²) < 4.78 is 9.83. The van der Waals surface area contributed by atoms with Gasteiger partial charge in [0, 0.05) is 6.08 Å². The maximum atomic E-state index is 11.1. The summed E-state index contributed by atoms with van der Waals surface area (Å²) in [5.74, 6) is -0.946. The molecular formula is C17H28O5. The highest BCUT2D eigenvalue weighted by Crippen LogP contribution is 2.09. The van der Waals surface area contributed by atoms with Crippen molar-refractivity contribution in [2.75, 3.05) is 13.2 Å². The van der Waals surface area contributed by atoms with E-state index in [-0.39, 0.29) is 18.2 Å². The second-order valence-electron chi connectivity index (χ2n) is 5.30. The Bertz CT molecular complexity index is 349. The standard InChI is InChI=1S/C17H28O5/c1-3-16(19)21-12-10-8-6-4-5-7-9-11-13-22-17(20)14-15(2)18/h3H,1,4-14H2,2H3. The SMILES string of the molecule is C=CC(=O)OCCCCCCCCCCOC(=O)CC(C)=O. The highest BCUT2D eigenvalue weighted by atomic mass is 16.5. The number of hydrogen-bond acceptors (Lipinski definition) is 5. The van der Waals surface area contributed by atoms with Gasteiger partial charge in [-0.3, -0.25) is 9.59 Å². The molecule has 0 bridgehead atoms. The molecule has 0 radical (unpaired) electrons. The highest BCUT2D eigenvalue weighted by molar-refractivity contribution is 5.94. The lowest BCUT2D eigenvalue weighted by molar-refractivity contribution is -0.146. The summed E-state index contributed by atoms with van der Waals surface area (Å²) in [4.78, 5) is 32.5. The van der Waals surface area contributed by atoms with Gasteiger partial charge in [0.1, 0.15) is 12.2 Å². The predicted octanol–water partition coefficient (Wildman–Crippen LogP) is 3.36. The van der Waals surface area contributed by atoms with Crippen LogP contribution in [0.1, 0.15) is 64.7 Å². The maximum absolute atomic E-state index is 11.1. The fourth-order valence-corrected chi connectivity index (χ4v) is 1.94. The van der Waals surface area contributed by atoms with Crippen molar-refractivity contribution in [3.63, 3.8) is 0 Å². The average molecular weight is 312 g/mol. The van der Waals surface area contributed by atoms with E-state index < -0.39 is 5.97 Å². The molecule has 5 heteroatoms. The Morgan fingerprint density at radius 3 is 1.73 bits per heavy atom. The van der Waals surface area contributed by atoms with Gasteiger partial charge in [0.15, 0.2) is 0 Å². The number of carbonyl (C=O) groups is 3. The fraction of sp³-hybridized carbons (Fsp3) is 0.706. The number of carbonyl (C=O) groups excluding carboxylic acids is 3. The van der Waals surface area contributed by atoms with Crippen molar-refractivity contribution < 1.29 is 23.9 Å². The number of ether oxygens (including phenoxy) is 2. The third-order valence-corrected chi connectivity index (χ3v) is 3.11. The van der Waals surface area contributed by atoms with Gasteiger partial charge in [-0.15, -0.1) is 0 Å². The van der Waals surface area contributed by atoms with Gasteiger partial charge in [0.05, 0.1) is 13.2 Å². The van der Waals surface area contributed by atoms with Crippen LogP contribution >= 0.6 is 0 Å². The van der Waals surface area contributed by atoms with Crippen LogP contribution < -0.4 is 0 Å². The molecule has 0 heterocycles. The van der Waals surface area contributed by atoms with Crippen LogP contribution in [0.2, 0.25) is 0 Å². The van der Waals surface area contributed by atoms with E-state index in [9.17, 15) is 14.4 Å². The second-order valence-corrected chi connectivity index (χ2v) is 5.30. The molecule has 0 amide bonds. The van der Waals surface area contributed by atoms with E-state index in [0.717, 1.165) is 44.9 Å². The smallest absolute Gasteiger partial charge is 0.330 e. The zero-order valence-electron chi connectivity index (χ0n) is 13.6. The molecule has 0 aliphatic rings. The molecular weight excluding hydrogens is 284 g/mol. The topological polar surface area (TPSA) is 69.7 Å². The lowest BCUT2D eigenvalue weighted by Gasteiger charge is -2.04. The first-order valence-electron chi connectivity index (χ1n) is 8.00. The van der Waals surface area contributed by atoms with Crippen molar-refractivity contribution in [2.45, 2.75) is 64.7 Å². The Morgan fingerprint density at radius 2 is 1.27 bits per heavy atom. The summed E-state index contributed by atoms with van der Waals surface area (Å²) in [5.41, 5.74) is 0. The Balaban J connectivity index is 3.17. The summed E-state index contributed by atoms with van der Waals surface area (Å²) in [5, 5.41) is 0. The number of ketones is 1. The summed E-state index contributed by atoms with van der Waals surface area (Å²) >= 11 is 0. The number of Topliss-reactive ketones (excluding diaryl/α,β-unsaturated/α-hetero) is 1. The van der Waals surface area contributed by atoms with Gasteiger partial charge in [-0.25, -0.2) is 4.79 Å². The zero-order valence-corrected chi connectivity index (χ0v) is 13.6. The van der Waals surface area contributed by atoms with E-state index in [1.807, 2.05) is 0 Å². The van der Waals surface area contributed by atoms with Crippen molar-refractivity contribution >= 4 is 17.7 Å².